The number of para-hydroxylation sites is 1. The van der Waals surface area contributed by atoms with Gasteiger partial charge in [-0.3, -0.25) is 0 Å². The first kappa shape index (κ1) is 32.7. The second-order valence-electron chi connectivity index (χ2n) is 14.4. The number of aromatic nitrogens is 4. The number of benzene rings is 9. The van der Waals surface area contributed by atoms with E-state index in [9.17, 15) is 0 Å². The lowest BCUT2D eigenvalue weighted by Gasteiger charge is -2.15. The van der Waals surface area contributed by atoms with Crippen LogP contribution < -0.4 is 0 Å². The van der Waals surface area contributed by atoms with Crippen molar-refractivity contribution < 1.29 is 0 Å². The van der Waals surface area contributed by atoms with Gasteiger partial charge in [0.05, 0.1) is 16.7 Å². The molecular weight excluding hydrogens is 693 g/mol. The molecule has 0 aliphatic carbocycles. The van der Waals surface area contributed by atoms with Crippen LogP contribution in [0, 0.1) is 0 Å². The maximum absolute atomic E-state index is 5.18. The van der Waals surface area contributed by atoms with E-state index in [0.717, 1.165) is 44.5 Å². The van der Waals surface area contributed by atoms with Crippen LogP contribution in [-0.2, 0) is 0 Å². The summed E-state index contributed by atoms with van der Waals surface area (Å²) in [6, 6.07) is 72.9. The highest BCUT2D eigenvalue weighted by atomic mass is 15.0. The van der Waals surface area contributed by atoms with E-state index < -0.39 is 0 Å². The van der Waals surface area contributed by atoms with Gasteiger partial charge in [0, 0.05) is 32.8 Å². The number of hydrogen-bond donors (Lipinski definition) is 0. The molecule has 4 nitrogen and oxygen atoms in total. The van der Waals surface area contributed by atoms with Gasteiger partial charge < -0.3 is 4.57 Å². The Morgan fingerprint density at radius 1 is 0.263 bits per heavy atom. The third-order valence-electron chi connectivity index (χ3n) is 11.0. The topological polar surface area (TPSA) is 43.6 Å². The number of rotatable bonds is 6. The summed E-state index contributed by atoms with van der Waals surface area (Å²) >= 11 is 0. The fourth-order valence-corrected chi connectivity index (χ4v) is 8.26. The van der Waals surface area contributed by atoms with E-state index in [4.69, 9.17) is 15.0 Å². The highest BCUT2D eigenvalue weighted by Crippen LogP contribution is 2.39. The van der Waals surface area contributed by atoms with Gasteiger partial charge in [0.2, 0.25) is 0 Å². The average molecular weight is 727 g/mol. The molecule has 11 rings (SSSR count). The van der Waals surface area contributed by atoms with Gasteiger partial charge in [-0.15, -0.1) is 0 Å². The van der Waals surface area contributed by atoms with Crippen molar-refractivity contribution >= 4 is 43.4 Å². The number of nitrogens with zero attached hydrogens (tertiary/aromatic N) is 4. The summed E-state index contributed by atoms with van der Waals surface area (Å²) in [4.78, 5) is 15.4. The molecule has 0 amide bonds. The lowest BCUT2D eigenvalue weighted by atomic mass is 9.98. The molecule has 57 heavy (non-hydrogen) atoms. The Hall–Kier alpha value is -7.69. The minimum absolute atomic E-state index is 0.626. The SMILES string of the molecule is c1ccc(-c2cccc(-c3ccc(-c4nc(-c5ccccc5)nc(-c5ccc6c7ccccc7n(-c7cc8ccccc8c8ccccc78)c6c5)n4)cc3)c2)cc1. The first-order valence-corrected chi connectivity index (χ1v) is 19.3. The summed E-state index contributed by atoms with van der Waals surface area (Å²) in [5.74, 6) is 1.89. The van der Waals surface area contributed by atoms with E-state index in [1.54, 1.807) is 0 Å². The summed E-state index contributed by atoms with van der Waals surface area (Å²) in [5, 5.41) is 7.27. The van der Waals surface area contributed by atoms with Crippen molar-refractivity contribution in [2.75, 3.05) is 0 Å². The van der Waals surface area contributed by atoms with Crippen LogP contribution in [0.4, 0.5) is 0 Å². The van der Waals surface area contributed by atoms with Crippen molar-refractivity contribution in [2.45, 2.75) is 0 Å². The monoisotopic (exact) mass is 726 g/mol. The van der Waals surface area contributed by atoms with Crippen LogP contribution in [0.1, 0.15) is 0 Å². The van der Waals surface area contributed by atoms with E-state index in [1.165, 1.54) is 43.4 Å². The molecule has 9 aromatic carbocycles. The Morgan fingerprint density at radius 2 is 0.737 bits per heavy atom. The Morgan fingerprint density at radius 3 is 1.46 bits per heavy atom. The largest absolute Gasteiger partial charge is 0.309 e. The van der Waals surface area contributed by atoms with Crippen LogP contribution in [-0.4, -0.2) is 19.5 Å². The third kappa shape index (κ3) is 5.74. The van der Waals surface area contributed by atoms with Gasteiger partial charge in [0.25, 0.3) is 0 Å². The van der Waals surface area contributed by atoms with E-state index in [1.807, 2.05) is 24.3 Å². The summed E-state index contributed by atoms with van der Waals surface area (Å²) in [6.07, 6.45) is 0. The zero-order valence-corrected chi connectivity index (χ0v) is 30.9. The van der Waals surface area contributed by atoms with Gasteiger partial charge in [-0.1, -0.05) is 182 Å². The molecule has 0 fully saturated rings. The van der Waals surface area contributed by atoms with Crippen LogP contribution in [0.5, 0.6) is 0 Å². The first-order valence-electron chi connectivity index (χ1n) is 19.3. The van der Waals surface area contributed by atoms with E-state index in [2.05, 4.69) is 187 Å². The predicted molar refractivity (Wildman–Crippen MR) is 236 cm³/mol. The fourth-order valence-electron chi connectivity index (χ4n) is 8.26. The second kappa shape index (κ2) is 13.6. The highest BCUT2D eigenvalue weighted by molar-refractivity contribution is 6.15. The summed E-state index contributed by atoms with van der Waals surface area (Å²) in [5.41, 5.74) is 10.9. The Bertz CT molecular complexity index is 3280. The van der Waals surface area contributed by atoms with Gasteiger partial charge >= 0.3 is 0 Å². The van der Waals surface area contributed by atoms with Crippen molar-refractivity contribution in [3.63, 3.8) is 0 Å². The molecule has 2 aromatic heterocycles. The number of hydrogen-bond acceptors (Lipinski definition) is 3. The van der Waals surface area contributed by atoms with E-state index in [0.29, 0.717) is 17.5 Å². The lowest BCUT2D eigenvalue weighted by Crippen LogP contribution is -2.00. The van der Waals surface area contributed by atoms with Crippen molar-refractivity contribution in [1.82, 2.24) is 19.5 Å². The molecule has 2 heterocycles. The van der Waals surface area contributed by atoms with Crippen LogP contribution >= 0.6 is 0 Å². The summed E-state index contributed by atoms with van der Waals surface area (Å²) < 4.78 is 2.41. The summed E-state index contributed by atoms with van der Waals surface area (Å²) in [6.45, 7) is 0. The number of fused-ring (bicyclic) bond motifs is 6. The molecular formula is C53H34N4. The van der Waals surface area contributed by atoms with Crippen LogP contribution in [0.3, 0.4) is 0 Å². The van der Waals surface area contributed by atoms with Gasteiger partial charge in [-0.05, 0) is 62.7 Å². The minimum Gasteiger partial charge on any atom is -0.309 e. The molecule has 0 bridgehead atoms. The molecule has 0 aliphatic heterocycles. The van der Waals surface area contributed by atoms with Crippen molar-refractivity contribution in [2.24, 2.45) is 0 Å². The molecule has 0 N–H and O–H groups in total. The van der Waals surface area contributed by atoms with Crippen LogP contribution in [0.15, 0.2) is 206 Å². The Kier molecular flexibility index (Phi) is 7.78. The molecule has 0 spiro atoms. The molecule has 4 heteroatoms. The quantitative estimate of drug-likeness (QED) is 0.160. The molecule has 0 radical (unpaired) electrons. The van der Waals surface area contributed by atoms with Gasteiger partial charge in [-0.2, -0.15) is 0 Å². The van der Waals surface area contributed by atoms with Crippen molar-refractivity contribution in [3.8, 4) is 62.1 Å². The lowest BCUT2D eigenvalue weighted by molar-refractivity contribution is 1.07. The van der Waals surface area contributed by atoms with Gasteiger partial charge in [0.1, 0.15) is 0 Å². The fraction of sp³-hybridized carbons (Fsp3) is 0. The van der Waals surface area contributed by atoms with Gasteiger partial charge in [-0.25, -0.2) is 15.0 Å². The molecule has 11 aromatic rings. The van der Waals surface area contributed by atoms with E-state index in [-0.39, 0.29) is 0 Å². The smallest absolute Gasteiger partial charge is 0.164 e. The average Bonchev–Trinajstić information content (AvgIpc) is 3.63. The minimum atomic E-state index is 0.626. The molecule has 0 saturated carbocycles. The van der Waals surface area contributed by atoms with Crippen molar-refractivity contribution in [1.29, 1.82) is 0 Å². The first-order chi connectivity index (χ1) is 28.2. The molecule has 0 aliphatic rings. The second-order valence-corrected chi connectivity index (χ2v) is 14.4. The predicted octanol–water partition coefficient (Wildman–Crippen LogP) is 13.6. The summed E-state index contributed by atoms with van der Waals surface area (Å²) in [7, 11) is 0. The standard InChI is InChI=1S/C53H34N4/c1-3-14-35(15-4-1)39-19-13-20-40(32-39)36-26-28-38(29-27-36)52-54-51(37-16-5-2-6-17-37)55-53(56-52)42-30-31-47-46-24-11-12-25-48(46)57(50(47)34-42)49-33-41-18-7-8-21-43(41)44-22-9-10-23-45(44)49/h1-34H. The van der Waals surface area contributed by atoms with Crippen LogP contribution in [0.2, 0.25) is 0 Å². The maximum atomic E-state index is 5.18. The zero-order valence-electron chi connectivity index (χ0n) is 30.9. The Labute approximate surface area is 330 Å². The molecule has 266 valence electrons. The normalized spacial score (nSPS) is 11.5. The van der Waals surface area contributed by atoms with Gasteiger partial charge in [0.15, 0.2) is 17.5 Å². The Balaban J connectivity index is 1.07. The maximum Gasteiger partial charge on any atom is 0.164 e. The molecule has 0 atom stereocenters. The zero-order chi connectivity index (χ0) is 37.7. The van der Waals surface area contributed by atoms with Crippen molar-refractivity contribution in [3.05, 3.63) is 206 Å². The highest BCUT2D eigenvalue weighted by Gasteiger charge is 2.19. The molecule has 0 unspecified atom stereocenters. The van der Waals surface area contributed by atoms with E-state index >= 15 is 0 Å². The molecule has 0 saturated heterocycles. The van der Waals surface area contributed by atoms with Crippen LogP contribution in [0.25, 0.3) is 105 Å². The third-order valence-corrected chi connectivity index (χ3v) is 11.0.